The highest BCUT2D eigenvalue weighted by Gasteiger charge is 2.10. The number of halogens is 1. The highest BCUT2D eigenvalue weighted by molar-refractivity contribution is 5.30. The average molecular weight is 303 g/mol. The highest BCUT2D eigenvalue weighted by atomic mass is 19.1. The second-order valence-corrected chi connectivity index (χ2v) is 5.43. The first kappa shape index (κ1) is 16.5. The Morgan fingerprint density at radius 1 is 1.18 bits per heavy atom. The average Bonchev–Trinajstić information content (AvgIpc) is 2.55. The van der Waals surface area contributed by atoms with Crippen LogP contribution in [-0.2, 0) is 6.42 Å². The zero-order valence-electron chi connectivity index (χ0n) is 12.9. The van der Waals surface area contributed by atoms with Crippen LogP contribution in [0.4, 0.5) is 4.39 Å². The van der Waals surface area contributed by atoms with Crippen LogP contribution in [0.3, 0.4) is 0 Å². The lowest BCUT2D eigenvalue weighted by atomic mass is 10.1. The third kappa shape index (κ3) is 4.83. The Morgan fingerprint density at radius 2 is 1.91 bits per heavy atom. The first-order chi connectivity index (χ1) is 10.6. The fourth-order valence-electron chi connectivity index (χ4n) is 2.33. The SMILES string of the molecule is COc1cccc(C(O)CNC(C)Cc2ccc(F)cc2)c1. The lowest BCUT2D eigenvalue weighted by Gasteiger charge is -2.18. The minimum Gasteiger partial charge on any atom is -0.497 e. The monoisotopic (exact) mass is 303 g/mol. The molecule has 2 unspecified atom stereocenters. The minimum atomic E-state index is -0.592. The van der Waals surface area contributed by atoms with Crippen LogP contribution in [-0.4, -0.2) is 24.8 Å². The molecule has 0 saturated carbocycles. The molecule has 22 heavy (non-hydrogen) atoms. The summed E-state index contributed by atoms with van der Waals surface area (Å²) in [4.78, 5) is 0. The molecule has 0 aromatic heterocycles. The van der Waals surface area contributed by atoms with Gasteiger partial charge in [0.25, 0.3) is 0 Å². The van der Waals surface area contributed by atoms with Gasteiger partial charge in [-0.25, -0.2) is 4.39 Å². The molecule has 2 N–H and O–H groups in total. The highest BCUT2D eigenvalue weighted by Crippen LogP contribution is 2.18. The van der Waals surface area contributed by atoms with E-state index in [2.05, 4.69) is 5.32 Å². The van der Waals surface area contributed by atoms with Crippen molar-refractivity contribution in [3.8, 4) is 5.75 Å². The molecule has 2 aromatic rings. The summed E-state index contributed by atoms with van der Waals surface area (Å²) in [7, 11) is 1.61. The number of hydrogen-bond donors (Lipinski definition) is 2. The Hall–Kier alpha value is -1.91. The van der Waals surface area contributed by atoms with Crippen LogP contribution >= 0.6 is 0 Å². The summed E-state index contributed by atoms with van der Waals surface area (Å²) < 4.78 is 18.0. The number of aliphatic hydroxyl groups is 1. The van der Waals surface area contributed by atoms with Gasteiger partial charge in [0.15, 0.2) is 0 Å². The fraction of sp³-hybridized carbons (Fsp3) is 0.333. The molecule has 4 heteroatoms. The maximum Gasteiger partial charge on any atom is 0.123 e. The molecule has 2 atom stereocenters. The van der Waals surface area contributed by atoms with Crippen molar-refractivity contribution in [3.63, 3.8) is 0 Å². The standard InChI is InChI=1S/C18H22FNO2/c1-13(10-14-6-8-16(19)9-7-14)20-12-18(21)15-4-3-5-17(11-15)22-2/h3-9,11,13,18,20-21H,10,12H2,1-2H3. The van der Waals surface area contributed by atoms with Crippen LogP contribution in [0.15, 0.2) is 48.5 Å². The number of nitrogens with one attached hydrogen (secondary N) is 1. The molecule has 0 bridgehead atoms. The first-order valence-corrected chi connectivity index (χ1v) is 7.38. The number of methoxy groups -OCH3 is 1. The number of ether oxygens (including phenoxy) is 1. The molecule has 0 heterocycles. The van der Waals surface area contributed by atoms with E-state index in [4.69, 9.17) is 4.74 Å². The van der Waals surface area contributed by atoms with Crippen molar-refractivity contribution in [1.29, 1.82) is 0 Å². The molecular formula is C18H22FNO2. The van der Waals surface area contributed by atoms with Crippen molar-refractivity contribution in [2.45, 2.75) is 25.5 Å². The van der Waals surface area contributed by atoms with Crippen LogP contribution in [0.2, 0.25) is 0 Å². The third-order valence-corrected chi connectivity index (χ3v) is 3.59. The van der Waals surface area contributed by atoms with Gasteiger partial charge < -0.3 is 15.2 Å². The third-order valence-electron chi connectivity index (χ3n) is 3.59. The van der Waals surface area contributed by atoms with Gasteiger partial charge in [-0.1, -0.05) is 24.3 Å². The lowest BCUT2D eigenvalue weighted by molar-refractivity contribution is 0.170. The fourth-order valence-corrected chi connectivity index (χ4v) is 2.33. The van der Waals surface area contributed by atoms with Gasteiger partial charge in [-0.3, -0.25) is 0 Å². The molecular weight excluding hydrogens is 281 g/mol. The van der Waals surface area contributed by atoms with E-state index in [0.29, 0.717) is 6.54 Å². The largest absolute Gasteiger partial charge is 0.497 e. The van der Waals surface area contributed by atoms with Crippen LogP contribution in [0.5, 0.6) is 5.75 Å². The Morgan fingerprint density at radius 3 is 2.59 bits per heavy atom. The van der Waals surface area contributed by atoms with Crippen LogP contribution in [0.1, 0.15) is 24.2 Å². The van der Waals surface area contributed by atoms with E-state index < -0.39 is 6.10 Å². The number of hydrogen-bond acceptors (Lipinski definition) is 3. The molecule has 0 saturated heterocycles. The predicted octanol–water partition coefficient (Wildman–Crippen LogP) is 3.09. The Balaban J connectivity index is 1.84. The Kier molecular flexibility index (Phi) is 5.92. The van der Waals surface area contributed by atoms with Gasteiger partial charge in [0, 0.05) is 12.6 Å². The molecule has 0 spiro atoms. The van der Waals surface area contributed by atoms with Gasteiger partial charge in [-0.05, 0) is 48.7 Å². The van der Waals surface area contributed by atoms with Crippen molar-refractivity contribution < 1.29 is 14.2 Å². The van der Waals surface area contributed by atoms with Crippen LogP contribution in [0, 0.1) is 5.82 Å². The van der Waals surface area contributed by atoms with E-state index in [0.717, 1.165) is 23.3 Å². The summed E-state index contributed by atoms with van der Waals surface area (Å²) in [6.45, 7) is 2.50. The van der Waals surface area contributed by atoms with Gasteiger partial charge in [0.1, 0.15) is 11.6 Å². The maximum atomic E-state index is 12.9. The Labute approximate surface area is 130 Å². The lowest BCUT2D eigenvalue weighted by Crippen LogP contribution is -2.32. The molecule has 0 radical (unpaired) electrons. The van der Waals surface area contributed by atoms with Crippen LogP contribution < -0.4 is 10.1 Å². The van der Waals surface area contributed by atoms with E-state index in [9.17, 15) is 9.50 Å². The minimum absolute atomic E-state index is 0.186. The topological polar surface area (TPSA) is 41.5 Å². The van der Waals surface area contributed by atoms with E-state index in [-0.39, 0.29) is 11.9 Å². The molecule has 0 amide bonds. The molecule has 2 aromatic carbocycles. The second kappa shape index (κ2) is 7.92. The zero-order chi connectivity index (χ0) is 15.9. The maximum absolute atomic E-state index is 12.9. The number of rotatable bonds is 7. The summed E-state index contributed by atoms with van der Waals surface area (Å²) >= 11 is 0. The second-order valence-electron chi connectivity index (χ2n) is 5.43. The molecule has 0 aliphatic heterocycles. The number of aliphatic hydroxyl groups excluding tert-OH is 1. The molecule has 0 aliphatic carbocycles. The number of benzene rings is 2. The smallest absolute Gasteiger partial charge is 0.123 e. The molecule has 118 valence electrons. The van der Waals surface area contributed by atoms with Gasteiger partial charge >= 0.3 is 0 Å². The predicted molar refractivity (Wildman–Crippen MR) is 85.5 cm³/mol. The van der Waals surface area contributed by atoms with Crippen molar-refractivity contribution in [2.75, 3.05) is 13.7 Å². The van der Waals surface area contributed by atoms with E-state index in [1.807, 2.05) is 31.2 Å². The van der Waals surface area contributed by atoms with Crippen molar-refractivity contribution >= 4 is 0 Å². The molecule has 0 fully saturated rings. The van der Waals surface area contributed by atoms with Gasteiger partial charge in [0.2, 0.25) is 0 Å². The molecule has 2 rings (SSSR count). The Bertz CT molecular complexity index is 586. The van der Waals surface area contributed by atoms with Gasteiger partial charge in [-0.15, -0.1) is 0 Å². The summed E-state index contributed by atoms with van der Waals surface area (Å²) in [6, 6.07) is 14.1. The molecule has 0 aliphatic rings. The van der Waals surface area contributed by atoms with Crippen molar-refractivity contribution in [3.05, 3.63) is 65.5 Å². The summed E-state index contributed by atoms with van der Waals surface area (Å²) in [5.41, 5.74) is 1.89. The van der Waals surface area contributed by atoms with E-state index in [1.54, 1.807) is 19.2 Å². The van der Waals surface area contributed by atoms with Crippen molar-refractivity contribution in [1.82, 2.24) is 5.32 Å². The molecule has 3 nitrogen and oxygen atoms in total. The summed E-state index contributed by atoms with van der Waals surface area (Å²) in [5.74, 6) is 0.508. The van der Waals surface area contributed by atoms with Gasteiger partial charge in [-0.2, -0.15) is 0 Å². The van der Waals surface area contributed by atoms with Crippen molar-refractivity contribution in [2.24, 2.45) is 0 Å². The van der Waals surface area contributed by atoms with Gasteiger partial charge in [0.05, 0.1) is 13.2 Å². The van der Waals surface area contributed by atoms with Crippen LogP contribution in [0.25, 0.3) is 0 Å². The van der Waals surface area contributed by atoms with E-state index >= 15 is 0 Å². The van der Waals surface area contributed by atoms with E-state index in [1.165, 1.54) is 12.1 Å². The first-order valence-electron chi connectivity index (χ1n) is 7.38. The zero-order valence-corrected chi connectivity index (χ0v) is 12.9. The normalized spacial score (nSPS) is 13.6. The quantitative estimate of drug-likeness (QED) is 0.826. The summed E-state index contributed by atoms with van der Waals surface area (Å²) in [6.07, 6.45) is 0.191. The summed E-state index contributed by atoms with van der Waals surface area (Å²) in [5, 5.41) is 13.5.